The van der Waals surface area contributed by atoms with Gasteiger partial charge >= 0.3 is 0 Å². The summed E-state index contributed by atoms with van der Waals surface area (Å²) in [5.74, 6) is -0.521. The zero-order valence-corrected chi connectivity index (χ0v) is 20.2. The third kappa shape index (κ3) is 4.42. The molecule has 0 spiro atoms. The van der Waals surface area contributed by atoms with Gasteiger partial charge in [-0.25, -0.2) is 8.42 Å². The summed E-state index contributed by atoms with van der Waals surface area (Å²) in [7, 11) is -3.59. The van der Waals surface area contributed by atoms with E-state index in [-0.39, 0.29) is 23.1 Å². The van der Waals surface area contributed by atoms with E-state index in [9.17, 15) is 18.0 Å². The number of carbonyl (C=O) groups is 2. The lowest BCUT2D eigenvalue weighted by Crippen LogP contribution is -2.44. The lowest BCUT2D eigenvalue weighted by molar-refractivity contribution is -0.122. The molecular weight excluding hydrogens is 438 g/mol. The number of hydrogen-bond acceptors (Lipinski definition) is 4. The Labute approximate surface area is 195 Å². The van der Waals surface area contributed by atoms with Crippen molar-refractivity contribution in [2.45, 2.75) is 63.8 Å². The highest BCUT2D eigenvalue weighted by Crippen LogP contribution is 2.36. The van der Waals surface area contributed by atoms with Crippen molar-refractivity contribution < 1.29 is 18.0 Å². The van der Waals surface area contributed by atoms with Crippen molar-refractivity contribution in [3.63, 3.8) is 0 Å². The molecule has 2 aromatic carbocycles. The Morgan fingerprint density at radius 2 is 1.82 bits per heavy atom. The van der Waals surface area contributed by atoms with Gasteiger partial charge in [-0.3, -0.25) is 14.5 Å². The van der Waals surface area contributed by atoms with E-state index < -0.39 is 16.1 Å². The molecule has 0 unspecified atom stereocenters. The SMILES string of the molecule is CCc1cccc(C)c1NC(=O)[C@@H]1Cc2cc(S(=O)(=O)N3CCCCC3)ccc2N1C(C)=O. The van der Waals surface area contributed by atoms with E-state index in [4.69, 9.17) is 0 Å². The molecule has 0 aromatic heterocycles. The quantitative estimate of drug-likeness (QED) is 0.724. The van der Waals surface area contributed by atoms with Crippen LogP contribution >= 0.6 is 0 Å². The van der Waals surface area contributed by atoms with Gasteiger partial charge in [-0.05, 0) is 61.1 Å². The number of sulfonamides is 1. The van der Waals surface area contributed by atoms with Crippen LogP contribution in [0.5, 0.6) is 0 Å². The maximum atomic E-state index is 13.3. The fourth-order valence-electron chi connectivity index (χ4n) is 4.85. The standard InChI is InChI=1S/C25H31N3O4S/c1-4-19-10-8-9-17(2)24(19)26-25(30)23-16-20-15-21(11-12-22(20)28(23)18(3)29)33(31,32)27-13-6-5-7-14-27/h8-12,15,23H,4-7,13-14,16H2,1-3H3,(H,26,30)/t23-/m0/s1. The first-order chi connectivity index (χ1) is 15.7. The highest BCUT2D eigenvalue weighted by atomic mass is 32.2. The molecule has 33 heavy (non-hydrogen) atoms. The summed E-state index contributed by atoms with van der Waals surface area (Å²) in [5.41, 5.74) is 4.06. The van der Waals surface area contributed by atoms with Gasteiger partial charge in [0, 0.05) is 37.8 Å². The average molecular weight is 470 g/mol. The van der Waals surface area contributed by atoms with E-state index in [2.05, 4.69) is 5.32 Å². The number of para-hydroxylation sites is 1. The van der Waals surface area contributed by atoms with Crippen molar-refractivity contribution in [2.75, 3.05) is 23.3 Å². The molecule has 4 rings (SSSR count). The van der Waals surface area contributed by atoms with Crippen LogP contribution in [0, 0.1) is 6.92 Å². The normalized spacial score (nSPS) is 18.8. The second-order valence-electron chi connectivity index (χ2n) is 8.82. The van der Waals surface area contributed by atoms with Crippen LogP contribution in [0.3, 0.4) is 0 Å². The van der Waals surface area contributed by atoms with Crippen molar-refractivity contribution >= 4 is 33.2 Å². The first-order valence-electron chi connectivity index (χ1n) is 11.6. The van der Waals surface area contributed by atoms with Gasteiger partial charge in [0.15, 0.2) is 0 Å². The second kappa shape index (κ2) is 9.27. The van der Waals surface area contributed by atoms with Crippen LogP contribution in [0.2, 0.25) is 0 Å². The van der Waals surface area contributed by atoms with Crippen molar-refractivity contribution in [1.82, 2.24) is 4.31 Å². The van der Waals surface area contributed by atoms with Gasteiger partial charge in [-0.1, -0.05) is 31.5 Å². The molecule has 0 bridgehead atoms. The van der Waals surface area contributed by atoms with Gasteiger partial charge in [0.2, 0.25) is 21.8 Å². The van der Waals surface area contributed by atoms with Crippen molar-refractivity contribution in [1.29, 1.82) is 0 Å². The number of rotatable bonds is 5. The number of carbonyl (C=O) groups excluding carboxylic acids is 2. The van der Waals surface area contributed by atoms with E-state index >= 15 is 0 Å². The fraction of sp³-hybridized carbons (Fsp3) is 0.440. The number of nitrogens with zero attached hydrogens (tertiary/aromatic N) is 2. The van der Waals surface area contributed by atoms with Gasteiger partial charge in [-0.15, -0.1) is 0 Å². The van der Waals surface area contributed by atoms with Crippen molar-refractivity contribution in [3.05, 3.63) is 53.1 Å². The van der Waals surface area contributed by atoms with Gasteiger partial charge in [0.25, 0.3) is 0 Å². The topological polar surface area (TPSA) is 86.8 Å². The van der Waals surface area contributed by atoms with E-state index in [1.807, 2.05) is 32.0 Å². The molecule has 1 saturated heterocycles. The number of piperidine rings is 1. The minimum Gasteiger partial charge on any atom is -0.324 e. The molecule has 8 heteroatoms. The Kier molecular flexibility index (Phi) is 6.59. The van der Waals surface area contributed by atoms with Gasteiger partial charge in [0.1, 0.15) is 6.04 Å². The van der Waals surface area contributed by atoms with E-state index in [1.165, 1.54) is 16.1 Å². The van der Waals surface area contributed by atoms with Crippen molar-refractivity contribution in [3.8, 4) is 0 Å². The number of anilines is 2. The summed E-state index contributed by atoms with van der Waals surface area (Å²) >= 11 is 0. The summed E-state index contributed by atoms with van der Waals surface area (Å²) in [4.78, 5) is 27.5. The van der Waals surface area contributed by atoms with Crippen LogP contribution in [-0.4, -0.2) is 43.7 Å². The van der Waals surface area contributed by atoms with E-state index in [1.54, 1.807) is 18.2 Å². The maximum Gasteiger partial charge on any atom is 0.247 e. The highest BCUT2D eigenvalue weighted by molar-refractivity contribution is 7.89. The summed E-state index contributed by atoms with van der Waals surface area (Å²) < 4.78 is 27.8. The molecular formula is C25H31N3O4S. The smallest absolute Gasteiger partial charge is 0.247 e. The maximum absolute atomic E-state index is 13.3. The molecule has 2 heterocycles. The molecule has 7 nitrogen and oxygen atoms in total. The molecule has 176 valence electrons. The molecule has 1 atom stereocenters. The Hall–Kier alpha value is -2.71. The Bertz CT molecular complexity index is 1190. The van der Waals surface area contributed by atoms with E-state index in [0.717, 1.165) is 42.5 Å². The summed E-state index contributed by atoms with van der Waals surface area (Å²) in [6.07, 6.45) is 3.82. The third-order valence-corrected chi connectivity index (χ3v) is 8.51. The average Bonchev–Trinajstić information content (AvgIpc) is 3.20. The lowest BCUT2D eigenvalue weighted by Gasteiger charge is -2.26. The zero-order chi connectivity index (χ0) is 23.8. The van der Waals surface area contributed by atoms with Crippen molar-refractivity contribution in [2.24, 2.45) is 0 Å². The second-order valence-corrected chi connectivity index (χ2v) is 10.8. The first kappa shape index (κ1) is 23.4. The van der Waals surface area contributed by atoms with Crippen LogP contribution in [0.25, 0.3) is 0 Å². The minimum absolute atomic E-state index is 0.222. The Morgan fingerprint density at radius 3 is 2.48 bits per heavy atom. The number of hydrogen-bond donors (Lipinski definition) is 1. The number of fused-ring (bicyclic) bond motifs is 1. The lowest BCUT2D eigenvalue weighted by atomic mass is 10.0. The summed E-state index contributed by atoms with van der Waals surface area (Å²) in [6, 6.07) is 10.00. The molecule has 2 aromatic rings. The van der Waals surface area contributed by atoms with Crippen LogP contribution in [0.1, 0.15) is 49.8 Å². The summed E-state index contributed by atoms with van der Waals surface area (Å²) in [6.45, 7) is 6.46. The minimum atomic E-state index is -3.59. The fourth-order valence-corrected chi connectivity index (χ4v) is 6.42. The van der Waals surface area contributed by atoms with Gasteiger partial charge in [0.05, 0.1) is 4.90 Å². The first-order valence-corrected chi connectivity index (χ1v) is 13.0. The van der Waals surface area contributed by atoms with Gasteiger partial charge < -0.3 is 5.32 Å². The molecule has 0 saturated carbocycles. The van der Waals surface area contributed by atoms with Gasteiger partial charge in [-0.2, -0.15) is 4.31 Å². The summed E-state index contributed by atoms with van der Waals surface area (Å²) in [5, 5.41) is 3.03. The third-order valence-electron chi connectivity index (χ3n) is 6.62. The van der Waals surface area contributed by atoms with Crippen LogP contribution in [-0.2, 0) is 32.5 Å². The molecule has 1 fully saturated rings. The van der Waals surface area contributed by atoms with E-state index in [0.29, 0.717) is 24.3 Å². The molecule has 0 aliphatic carbocycles. The van der Waals surface area contributed by atoms with Crippen LogP contribution in [0.15, 0.2) is 41.3 Å². The van der Waals surface area contributed by atoms with Crippen LogP contribution < -0.4 is 10.2 Å². The molecule has 0 radical (unpaired) electrons. The highest BCUT2D eigenvalue weighted by Gasteiger charge is 2.38. The monoisotopic (exact) mass is 469 g/mol. The number of aryl methyl sites for hydroxylation is 2. The number of benzene rings is 2. The molecule has 2 aliphatic rings. The molecule has 2 amide bonds. The number of nitrogens with one attached hydrogen (secondary N) is 1. The van der Waals surface area contributed by atoms with Crippen LogP contribution in [0.4, 0.5) is 11.4 Å². The zero-order valence-electron chi connectivity index (χ0n) is 19.4. The Morgan fingerprint density at radius 1 is 1.09 bits per heavy atom. The largest absolute Gasteiger partial charge is 0.324 e. The predicted molar refractivity (Wildman–Crippen MR) is 129 cm³/mol. The molecule has 1 N–H and O–H groups in total. The predicted octanol–water partition coefficient (Wildman–Crippen LogP) is 3.65. The number of amides is 2. The molecule has 2 aliphatic heterocycles. The Balaban J connectivity index is 1.63.